The highest BCUT2D eigenvalue weighted by molar-refractivity contribution is 5.92. The molecule has 3 nitrogen and oxygen atoms in total. The standard InChI is InChI=1S/C18H18N2O/c21-16-9-8-15-10-12-20-18(17(15)13-16)19-11-4-7-14-5-2-1-3-6-14/h1-3,5-6,8-10,12-13,21H,4,7,11H2,(H,19,20). The maximum absolute atomic E-state index is 9.62. The lowest BCUT2D eigenvalue weighted by Crippen LogP contribution is -2.05. The van der Waals surface area contributed by atoms with Crippen molar-refractivity contribution in [3.05, 3.63) is 66.4 Å². The summed E-state index contributed by atoms with van der Waals surface area (Å²) in [5, 5.41) is 15.0. The van der Waals surface area contributed by atoms with Crippen molar-refractivity contribution in [1.82, 2.24) is 4.98 Å². The molecule has 0 saturated carbocycles. The quantitative estimate of drug-likeness (QED) is 0.694. The molecule has 3 heteroatoms. The van der Waals surface area contributed by atoms with Gasteiger partial charge in [0.1, 0.15) is 11.6 Å². The molecule has 0 fully saturated rings. The van der Waals surface area contributed by atoms with Crippen LogP contribution in [0.3, 0.4) is 0 Å². The summed E-state index contributed by atoms with van der Waals surface area (Å²) in [5.41, 5.74) is 1.35. The Bertz CT molecular complexity index is 726. The van der Waals surface area contributed by atoms with E-state index in [0.29, 0.717) is 0 Å². The number of aryl methyl sites for hydroxylation is 1. The van der Waals surface area contributed by atoms with E-state index in [9.17, 15) is 5.11 Å². The second-order valence-electron chi connectivity index (χ2n) is 5.08. The number of rotatable bonds is 5. The molecule has 0 aliphatic carbocycles. The van der Waals surface area contributed by atoms with Crippen molar-refractivity contribution in [2.75, 3.05) is 11.9 Å². The Morgan fingerprint density at radius 2 is 1.86 bits per heavy atom. The van der Waals surface area contributed by atoms with Gasteiger partial charge in [-0.05, 0) is 42.0 Å². The van der Waals surface area contributed by atoms with Gasteiger partial charge in [0, 0.05) is 18.1 Å². The molecule has 0 unspecified atom stereocenters. The summed E-state index contributed by atoms with van der Waals surface area (Å²) in [7, 11) is 0. The summed E-state index contributed by atoms with van der Waals surface area (Å²) in [4.78, 5) is 4.37. The number of hydrogen-bond donors (Lipinski definition) is 2. The largest absolute Gasteiger partial charge is 0.508 e. The molecule has 0 aliphatic rings. The van der Waals surface area contributed by atoms with Crippen molar-refractivity contribution in [3.8, 4) is 5.75 Å². The zero-order valence-electron chi connectivity index (χ0n) is 11.8. The van der Waals surface area contributed by atoms with Crippen LogP contribution in [0.1, 0.15) is 12.0 Å². The van der Waals surface area contributed by atoms with E-state index < -0.39 is 0 Å². The first kappa shape index (κ1) is 13.4. The molecule has 0 saturated heterocycles. The molecular weight excluding hydrogens is 260 g/mol. The number of aromatic nitrogens is 1. The molecule has 2 aromatic carbocycles. The average Bonchev–Trinajstić information content (AvgIpc) is 2.53. The first-order valence-corrected chi connectivity index (χ1v) is 7.18. The summed E-state index contributed by atoms with van der Waals surface area (Å²) in [6.45, 7) is 0.858. The van der Waals surface area contributed by atoms with Crippen LogP contribution in [0.15, 0.2) is 60.8 Å². The predicted octanol–water partition coefficient (Wildman–Crippen LogP) is 3.99. The first-order valence-electron chi connectivity index (χ1n) is 7.18. The third-order valence-electron chi connectivity index (χ3n) is 3.53. The van der Waals surface area contributed by atoms with Crippen LogP contribution in [-0.4, -0.2) is 16.6 Å². The Kier molecular flexibility index (Phi) is 4.01. The van der Waals surface area contributed by atoms with E-state index in [0.717, 1.165) is 36.0 Å². The Morgan fingerprint density at radius 1 is 1.00 bits per heavy atom. The number of nitrogens with zero attached hydrogens (tertiary/aromatic N) is 1. The van der Waals surface area contributed by atoms with Gasteiger partial charge in [-0.3, -0.25) is 0 Å². The zero-order chi connectivity index (χ0) is 14.5. The molecular formula is C18H18N2O. The van der Waals surface area contributed by atoms with E-state index in [4.69, 9.17) is 0 Å². The van der Waals surface area contributed by atoms with Crippen molar-refractivity contribution >= 4 is 16.6 Å². The van der Waals surface area contributed by atoms with Crippen LogP contribution < -0.4 is 5.32 Å². The van der Waals surface area contributed by atoms with Gasteiger partial charge >= 0.3 is 0 Å². The van der Waals surface area contributed by atoms with E-state index in [1.807, 2.05) is 18.2 Å². The van der Waals surface area contributed by atoms with Gasteiger partial charge in [-0.25, -0.2) is 4.98 Å². The number of nitrogens with one attached hydrogen (secondary N) is 1. The number of aromatic hydroxyl groups is 1. The Hall–Kier alpha value is -2.55. The molecule has 1 heterocycles. The molecule has 0 atom stereocenters. The highest BCUT2D eigenvalue weighted by atomic mass is 16.3. The average molecular weight is 278 g/mol. The second kappa shape index (κ2) is 6.27. The lowest BCUT2D eigenvalue weighted by molar-refractivity contribution is 0.476. The van der Waals surface area contributed by atoms with Gasteiger partial charge in [0.15, 0.2) is 0 Å². The monoisotopic (exact) mass is 278 g/mol. The second-order valence-corrected chi connectivity index (χ2v) is 5.08. The van der Waals surface area contributed by atoms with Gasteiger partial charge in [-0.1, -0.05) is 36.4 Å². The van der Waals surface area contributed by atoms with Crippen LogP contribution in [0.5, 0.6) is 5.75 Å². The molecule has 0 amide bonds. The fourth-order valence-corrected chi connectivity index (χ4v) is 2.44. The fraction of sp³-hybridized carbons (Fsp3) is 0.167. The number of fused-ring (bicyclic) bond motifs is 1. The number of benzene rings is 2. The summed E-state index contributed by atoms with van der Waals surface area (Å²) >= 11 is 0. The van der Waals surface area contributed by atoms with Crippen LogP contribution >= 0.6 is 0 Å². The molecule has 0 aliphatic heterocycles. The summed E-state index contributed by atoms with van der Waals surface area (Å²) in [6, 6.07) is 17.8. The maximum Gasteiger partial charge on any atom is 0.133 e. The molecule has 1 aromatic heterocycles. The molecule has 0 radical (unpaired) electrons. The van der Waals surface area contributed by atoms with Gasteiger partial charge in [-0.2, -0.15) is 0 Å². The van der Waals surface area contributed by atoms with E-state index in [-0.39, 0.29) is 5.75 Å². The van der Waals surface area contributed by atoms with Crippen molar-refractivity contribution in [1.29, 1.82) is 0 Å². The predicted molar refractivity (Wildman–Crippen MR) is 86.7 cm³/mol. The maximum atomic E-state index is 9.62. The molecule has 3 aromatic rings. The minimum atomic E-state index is 0.267. The molecule has 0 spiro atoms. The summed E-state index contributed by atoms with van der Waals surface area (Å²) < 4.78 is 0. The first-order chi connectivity index (χ1) is 10.3. The van der Waals surface area contributed by atoms with Crippen LogP contribution in [0.25, 0.3) is 10.8 Å². The highest BCUT2D eigenvalue weighted by Gasteiger charge is 2.03. The van der Waals surface area contributed by atoms with Crippen molar-refractivity contribution in [2.45, 2.75) is 12.8 Å². The van der Waals surface area contributed by atoms with Gasteiger partial charge in [0.2, 0.25) is 0 Å². The minimum absolute atomic E-state index is 0.267. The number of anilines is 1. The van der Waals surface area contributed by atoms with Gasteiger partial charge < -0.3 is 10.4 Å². The molecule has 0 bridgehead atoms. The van der Waals surface area contributed by atoms with E-state index in [2.05, 4.69) is 34.6 Å². The SMILES string of the molecule is Oc1ccc2ccnc(NCCCc3ccccc3)c2c1. The number of phenolic OH excluding ortho intramolecular Hbond substituents is 1. The topological polar surface area (TPSA) is 45.2 Å². The van der Waals surface area contributed by atoms with E-state index in [1.54, 1.807) is 18.3 Å². The third kappa shape index (κ3) is 3.31. The number of pyridine rings is 1. The van der Waals surface area contributed by atoms with Crippen LogP contribution in [0.4, 0.5) is 5.82 Å². The summed E-state index contributed by atoms with van der Waals surface area (Å²) in [5.74, 6) is 1.10. The summed E-state index contributed by atoms with van der Waals surface area (Å²) in [6.07, 6.45) is 3.88. The lowest BCUT2D eigenvalue weighted by atomic mass is 10.1. The third-order valence-corrected chi connectivity index (χ3v) is 3.53. The number of hydrogen-bond acceptors (Lipinski definition) is 3. The van der Waals surface area contributed by atoms with E-state index >= 15 is 0 Å². The van der Waals surface area contributed by atoms with Crippen molar-refractivity contribution < 1.29 is 5.11 Å². The normalized spacial score (nSPS) is 10.7. The molecule has 106 valence electrons. The van der Waals surface area contributed by atoms with Crippen LogP contribution in [0.2, 0.25) is 0 Å². The Labute approximate surface area is 124 Å². The van der Waals surface area contributed by atoms with Crippen LogP contribution in [-0.2, 0) is 6.42 Å². The lowest BCUT2D eigenvalue weighted by Gasteiger charge is -2.09. The Morgan fingerprint density at radius 3 is 2.71 bits per heavy atom. The zero-order valence-corrected chi connectivity index (χ0v) is 11.8. The fourth-order valence-electron chi connectivity index (χ4n) is 2.44. The highest BCUT2D eigenvalue weighted by Crippen LogP contribution is 2.24. The minimum Gasteiger partial charge on any atom is -0.508 e. The molecule has 21 heavy (non-hydrogen) atoms. The van der Waals surface area contributed by atoms with E-state index in [1.165, 1.54) is 5.56 Å². The van der Waals surface area contributed by atoms with Gasteiger partial charge in [0.05, 0.1) is 0 Å². The smallest absolute Gasteiger partial charge is 0.133 e. The number of phenols is 1. The van der Waals surface area contributed by atoms with Gasteiger partial charge in [0.25, 0.3) is 0 Å². The van der Waals surface area contributed by atoms with Crippen LogP contribution in [0, 0.1) is 0 Å². The van der Waals surface area contributed by atoms with Gasteiger partial charge in [-0.15, -0.1) is 0 Å². The van der Waals surface area contributed by atoms with Crippen molar-refractivity contribution in [3.63, 3.8) is 0 Å². The molecule has 3 rings (SSSR count). The van der Waals surface area contributed by atoms with Crippen molar-refractivity contribution in [2.24, 2.45) is 0 Å². The molecule has 2 N–H and O–H groups in total. The Balaban J connectivity index is 1.64.